The number of halogens is 2. The van der Waals surface area contributed by atoms with Gasteiger partial charge < -0.3 is 5.32 Å². The van der Waals surface area contributed by atoms with Crippen molar-refractivity contribution < 1.29 is 8.78 Å². The lowest BCUT2D eigenvalue weighted by molar-refractivity contribution is 0.627. The van der Waals surface area contributed by atoms with Gasteiger partial charge in [-0.25, -0.2) is 13.8 Å². The van der Waals surface area contributed by atoms with Gasteiger partial charge in [-0.3, -0.25) is 0 Å². The summed E-state index contributed by atoms with van der Waals surface area (Å²) in [4.78, 5) is 4.40. The summed E-state index contributed by atoms with van der Waals surface area (Å²) >= 11 is 0. The molecule has 0 fully saturated rings. The highest BCUT2D eigenvalue weighted by Crippen LogP contribution is 2.14. The summed E-state index contributed by atoms with van der Waals surface area (Å²) in [7, 11) is 0. The Morgan fingerprint density at radius 1 is 0.760 bits per heavy atom. The number of hydrogen-bond acceptors (Lipinski definition) is 1. The number of benzene rings is 3. The van der Waals surface area contributed by atoms with Crippen LogP contribution in [0.5, 0.6) is 0 Å². The minimum atomic E-state index is -0.331. The largest absolute Gasteiger partial charge is 0.333 e. The van der Waals surface area contributed by atoms with E-state index in [0.29, 0.717) is 17.2 Å². The van der Waals surface area contributed by atoms with Crippen molar-refractivity contribution in [3.63, 3.8) is 0 Å². The van der Waals surface area contributed by atoms with Crippen molar-refractivity contribution >= 4 is 17.2 Å². The van der Waals surface area contributed by atoms with Gasteiger partial charge in [0.05, 0.1) is 5.69 Å². The maximum Gasteiger partial charge on any atom is 0.183 e. The summed E-state index contributed by atoms with van der Waals surface area (Å²) in [5, 5.41) is 3.06. The molecule has 122 valence electrons. The fourth-order valence-corrected chi connectivity index (χ4v) is 2.05. The number of rotatable bonds is 2. The zero-order valence-corrected chi connectivity index (χ0v) is 13.2. The van der Waals surface area contributed by atoms with Gasteiger partial charge in [-0.15, -0.1) is 0 Å². The van der Waals surface area contributed by atoms with Crippen LogP contribution in [-0.2, 0) is 0 Å². The van der Waals surface area contributed by atoms with E-state index >= 15 is 0 Å². The van der Waals surface area contributed by atoms with Gasteiger partial charge in [0, 0.05) is 11.3 Å². The molecule has 0 aliphatic rings. The second-order valence-electron chi connectivity index (χ2n) is 5.18. The molecule has 4 heteroatoms. The van der Waals surface area contributed by atoms with Gasteiger partial charge in [0.1, 0.15) is 11.6 Å². The summed E-state index contributed by atoms with van der Waals surface area (Å²) in [5.74, 6) is 5.70. The zero-order valence-electron chi connectivity index (χ0n) is 13.2. The maximum absolute atomic E-state index is 13.1. The van der Waals surface area contributed by atoms with Crippen molar-refractivity contribution in [2.24, 2.45) is 4.99 Å². The number of aliphatic imine (C=N–C) groups is 1. The summed E-state index contributed by atoms with van der Waals surface area (Å²) < 4.78 is 26.1. The third kappa shape index (κ3) is 5.02. The van der Waals surface area contributed by atoms with Gasteiger partial charge >= 0.3 is 0 Å². The minimum absolute atomic E-state index is 0.321. The van der Waals surface area contributed by atoms with Crippen LogP contribution < -0.4 is 5.32 Å². The zero-order chi connectivity index (χ0) is 17.5. The van der Waals surface area contributed by atoms with Crippen LogP contribution in [0.2, 0.25) is 0 Å². The Bertz CT molecular complexity index is 920. The number of nitrogens with zero attached hydrogens (tertiary/aromatic N) is 1. The molecular weight excluding hydrogens is 318 g/mol. The highest BCUT2D eigenvalue weighted by atomic mass is 19.1. The van der Waals surface area contributed by atoms with Crippen molar-refractivity contribution in [2.75, 3.05) is 5.32 Å². The summed E-state index contributed by atoms with van der Waals surface area (Å²) in [6.07, 6.45) is 0. The summed E-state index contributed by atoms with van der Waals surface area (Å²) in [6.45, 7) is 0. The molecule has 0 aliphatic heterocycles. The van der Waals surface area contributed by atoms with Crippen molar-refractivity contribution in [2.45, 2.75) is 0 Å². The SMILES string of the molecule is Fc1ccc(N=C(C#Cc2ccccc2)Nc2ccc(F)cc2)cc1. The first kappa shape index (κ1) is 16.4. The molecule has 0 bridgehead atoms. The van der Waals surface area contributed by atoms with Crippen molar-refractivity contribution in [3.8, 4) is 11.8 Å². The molecule has 0 saturated carbocycles. The van der Waals surface area contributed by atoms with Crippen molar-refractivity contribution in [1.82, 2.24) is 0 Å². The van der Waals surface area contributed by atoms with Crippen LogP contribution in [0.3, 0.4) is 0 Å². The molecule has 0 radical (unpaired) electrons. The second-order valence-corrected chi connectivity index (χ2v) is 5.18. The number of anilines is 1. The Morgan fingerprint density at radius 2 is 1.36 bits per heavy atom. The number of nitrogens with one attached hydrogen (secondary N) is 1. The fraction of sp³-hybridized carbons (Fsp3) is 0. The van der Waals surface area contributed by atoms with Gasteiger partial charge in [-0.1, -0.05) is 24.1 Å². The van der Waals surface area contributed by atoms with Gasteiger partial charge in [-0.05, 0) is 66.6 Å². The fourth-order valence-electron chi connectivity index (χ4n) is 2.05. The van der Waals surface area contributed by atoms with Crippen LogP contribution in [0.1, 0.15) is 5.56 Å². The van der Waals surface area contributed by atoms with E-state index in [0.717, 1.165) is 5.56 Å². The van der Waals surface area contributed by atoms with Gasteiger partial charge in [0.15, 0.2) is 5.84 Å². The third-order valence-electron chi connectivity index (χ3n) is 3.27. The van der Waals surface area contributed by atoms with Gasteiger partial charge in [-0.2, -0.15) is 0 Å². The Kier molecular flexibility index (Phi) is 5.18. The topological polar surface area (TPSA) is 24.4 Å². The number of amidine groups is 1. The molecule has 0 aliphatic carbocycles. The lowest BCUT2D eigenvalue weighted by atomic mass is 10.2. The van der Waals surface area contributed by atoms with Crippen LogP contribution in [-0.4, -0.2) is 5.84 Å². The van der Waals surface area contributed by atoms with Crippen molar-refractivity contribution in [1.29, 1.82) is 0 Å². The monoisotopic (exact) mass is 332 g/mol. The molecule has 0 unspecified atom stereocenters. The van der Waals surface area contributed by atoms with Crippen LogP contribution >= 0.6 is 0 Å². The molecular formula is C21H14F2N2. The maximum atomic E-state index is 13.1. The quantitative estimate of drug-likeness (QED) is 0.391. The van der Waals surface area contributed by atoms with Crippen LogP contribution in [0.15, 0.2) is 83.9 Å². The average molecular weight is 332 g/mol. The van der Waals surface area contributed by atoms with E-state index in [1.165, 1.54) is 24.3 Å². The molecule has 1 N–H and O–H groups in total. The summed E-state index contributed by atoms with van der Waals surface area (Å²) in [6, 6.07) is 21.2. The van der Waals surface area contributed by atoms with Crippen LogP contribution in [0.4, 0.5) is 20.2 Å². The Morgan fingerprint density at radius 3 is 2.00 bits per heavy atom. The highest BCUT2D eigenvalue weighted by Gasteiger charge is 2.00. The molecule has 0 spiro atoms. The molecule has 3 rings (SSSR count). The Hall–Kier alpha value is -3.45. The molecule has 0 atom stereocenters. The normalized spacial score (nSPS) is 10.7. The first-order valence-electron chi connectivity index (χ1n) is 7.63. The molecule has 25 heavy (non-hydrogen) atoms. The Balaban J connectivity index is 1.91. The molecule has 2 nitrogen and oxygen atoms in total. The van der Waals surface area contributed by atoms with Gasteiger partial charge in [0.2, 0.25) is 0 Å². The minimum Gasteiger partial charge on any atom is -0.333 e. The molecule has 3 aromatic rings. The van der Waals surface area contributed by atoms with Crippen LogP contribution in [0, 0.1) is 23.5 Å². The van der Waals surface area contributed by atoms with E-state index in [1.807, 2.05) is 30.3 Å². The Labute approximate surface area is 144 Å². The summed E-state index contributed by atoms with van der Waals surface area (Å²) in [5.41, 5.74) is 2.06. The number of hydrogen-bond donors (Lipinski definition) is 1. The standard InChI is InChI=1S/C21H14F2N2/c22-17-7-11-19(12-8-17)24-21(15-6-16-4-2-1-3-5-16)25-20-13-9-18(23)10-14-20/h1-5,7-14H,(H,24,25). The van der Waals surface area contributed by atoms with Crippen molar-refractivity contribution in [3.05, 3.63) is 96.1 Å². The second kappa shape index (κ2) is 7.89. The lowest BCUT2D eigenvalue weighted by Crippen LogP contribution is -2.09. The molecule has 0 amide bonds. The highest BCUT2D eigenvalue weighted by molar-refractivity contribution is 6.09. The third-order valence-corrected chi connectivity index (χ3v) is 3.27. The molecule has 3 aromatic carbocycles. The first-order valence-corrected chi connectivity index (χ1v) is 7.63. The van der Waals surface area contributed by atoms with Crippen LogP contribution in [0.25, 0.3) is 0 Å². The van der Waals surface area contributed by atoms with E-state index in [4.69, 9.17) is 0 Å². The molecule has 0 aromatic heterocycles. The van der Waals surface area contributed by atoms with E-state index < -0.39 is 0 Å². The predicted octanol–water partition coefficient (Wildman–Crippen LogP) is 5.16. The first-order chi connectivity index (χ1) is 12.2. The molecule has 0 saturated heterocycles. The van der Waals surface area contributed by atoms with E-state index in [2.05, 4.69) is 22.2 Å². The lowest BCUT2D eigenvalue weighted by Gasteiger charge is -2.05. The van der Waals surface area contributed by atoms with E-state index in [1.54, 1.807) is 24.3 Å². The average Bonchev–Trinajstić information content (AvgIpc) is 2.64. The van der Waals surface area contributed by atoms with E-state index in [9.17, 15) is 8.78 Å². The smallest absolute Gasteiger partial charge is 0.183 e. The molecule has 0 heterocycles. The van der Waals surface area contributed by atoms with E-state index in [-0.39, 0.29) is 11.6 Å². The van der Waals surface area contributed by atoms with Gasteiger partial charge in [0.25, 0.3) is 0 Å². The predicted molar refractivity (Wildman–Crippen MR) is 96.8 cm³/mol.